The normalized spacial score (nSPS) is 15.4. The molecule has 0 saturated carbocycles. The second-order valence-corrected chi connectivity index (χ2v) is 6.77. The molecule has 2 N–H and O–H groups in total. The number of pyridine rings is 1. The van der Waals surface area contributed by atoms with E-state index in [1.54, 1.807) is 6.20 Å². The molecule has 0 bridgehead atoms. The van der Waals surface area contributed by atoms with Gasteiger partial charge in [0, 0.05) is 31.6 Å². The van der Waals surface area contributed by atoms with Crippen LogP contribution < -0.4 is 10.2 Å². The number of carbonyl (C=O) groups is 1. The quantitative estimate of drug-likeness (QED) is 0.758. The minimum atomic E-state index is -0.240. The third kappa shape index (κ3) is 3.25. The van der Waals surface area contributed by atoms with Gasteiger partial charge in [-0.1, -0.05) is 11.6 Å². The Labute approximate surface area is 152 Å². The number of anilines is 2. The summed E-state index contributed by atoms with van der Waals surface area (Å²) in [6, 6.07) is 9.72. The lowest BCUT2D eigenvalue weighted by Gasteiger charge is -2.33. The lowest BCUT2D eigenvalue weighted by Crippen LogP contribution is -2.44. The van der Waals surface area contributed by atoms with E-state index in [2.05, 4.69) is 37.3 Å². The van der Waals surface area contributed by atoms with Crippen molar-refractivity contribution in [2.75, 3.05) is 43.4 Å². The Morgan fingerprint density at radius 3 is 2.69 bits per heavy atom. The van der Waals surface area contributed by atoms with Gasteiger partial charge in [0.05, 0.1) is 17.4 Å². The SMILES string of the molecule is Cc1ccc2[nH]nc(C(=O)Nc3ccc(N4CCN(C)CC4)nc3)c2c1. The molecule has 1 aromatic carbocycles. The summed E-state index contributed by atoms with van der Waals surface area (Å²) in [6.45, 7) is 5.99. The summed E-state index contributed by atoms with van der Waals surface area (Å²) in [5, 5.41) is 10.8. The molecule has 4 rings (SSSR count). The Hall–Kier alpha value is -2.93. The van der Waals surface area contributed by atoms with Gasteiger partial charge in [-0.15, -0.1) is 0 Å². The second-order valence-electron chi connectivity index (χ2n) is 6.77. The predicted octanol–water partition coefficient (Wildman–Crippen LogP) is 2.27. The van der Waals surface area contributed by atoms with Gasteiger partial charge in [0.1, 0.15) is 5.82 Å². The van der Waals surface area contributed by atoms with Crippen LogP contribution in [0, 0.1) is 6.92 Å². The van der Waals surface area contributed by atoms with Crippen LogP contribution >= 0.6 is 0 Å². The van der Waals surface area contributed by atoms with Crippen molar-refractivity contribution in [1.29, 1.82) is 0 Å². The van der Waals surface area contributed by atoms with E-state index in [-0.39, 0.29) is 5.91 Å². The maximum Gasteiger partial charge on any atom is 0.276 e. The van der Waals surface area contributed by atoms with Crippen molar-refractivity contribution >= 4 is 28.3 Å². The van der Waals surface area contributed by atoms with Crippen molar-refractivity contribution in [2.24, 2.45) is 0 Å². The summed E-state index contributed by atoms with van der Waals surface area (Å²) in [4.78, 5) is 21.7. The summed E-state index contributed by atoms with van der Waals surface area (Å²) >= 11 is 0. The van der Waals surface area contributed by atoms with E-state index >= 15 is 0 Å². The maximum absolute atomic E-state index is 12.6. The highest BCUT2D eigenvalue weighted by Crippen LogP contribution is 2.20. The molecular weight excluding hydrogens is 328 g/mol. The number of aryl methyl sites for hydroxylation is 1. The van der Waals surface area contributed by atoms with Crippen LogP contribution in [0.25, 0.3) is 10.9 Å². The Morgan fingerprint density at radius 1 is 1.15 bits per heavy atom. The molecule has 2 aromatic heterocycles. The molecular formula is C19H22N6O. The van der Waals surface area contributed by atoms with Crippen molar-refractivity contribution in [1.82, 2.24) is 20.1 Å². The minimum absolute atomic E-state index is 0.240. The number of piperazine rings is 1. The summed E-state index contributed by atoms with van der Waals surface area (Å²) in [7, 11) is 2.13. The number of aromatic nitrogens is 3. The van der Waals surface area contributed by atoms with E-state index < -0.39 is 0 Å². The molecule has 0 aliphatic carbocycles. The summed E-state index contributed by atoms with van der Waals surface area (Å²) in [5.74, 6) is 0.702. The van der Waals surface area contributed by atoms with Gasteiger partial charge in [0.15, 0.2) is 5.69 Å². The van der Waals surface area contributed by atoms with Gasteiger partial charge in [-0.3, -0.25) is 9.89 Å². The number of amides is 1. The molecule has 0 unspecified atom stereocenters. The van der Waals surface area contributed by atoms with E-state index in [0.29, 0.717) is 11.4 Å². The van der Waals surface area contributed by atoms with Crippen LogP contribution in [0.15, 0.2) is 36.5 Å². The highest BCUT2D eigenvalue weighted by atomic mass is 16.1. The fraction of sp³-hybridized carbons (Fsp3) is 0.316. The molecule has 1 saturated heterocycles. The van der Waals surface area contributed by atoms with Gasteiger partial charge < -0.3 is 15.1 Å². The van der Waals surface area contributed by atoms with Gasteiger partial charge >= 0.3 is 0 Å². The van der Waals surface area contributed by atoms with Crippen molar-refractivity contribution in [3.05, 3.63) is 47.8 Å². The molecule has 26 heavy (non-hydrogen) atoms. The topological polar surface area (TPSA) is 77.2 Å². The summed E-state index contributed by atoms with van der Waals surface area (Å²) in [5.41, 5.74) is 3.00. The monoisotopic (exact) mass is 350 g/mol. The molecule has 1 aliphatic rings. The average Bonchev–Trinajstić information content (AvgIpc) is 3.06. The Morgan fingerprint density at radius 2 is 1.96 bits per heavy atom. The third-order valence-electron chi connectivity index (χ3n) is 4.77. The van der Waals surface area contributed by atoms with Gasteiger partial charge in [-0.25, -0.2) is 4.98 Å². The van der Waals surface area contributed by atoms with Gasteiger partial charge in [-0.05, 0) is 38.2 Å². The number of benzene rings is 1. The lowest BCUT2D eigenvalue weighted by molar-refractivity contribution is 0.102. The number of aromatic amines is 1. The average molecular weight is 350 g/mol. The third-order valence-corrected chi connectivity index (χ3v) is 4.77. The van der Waals surface area contributed by atoms with Crippen LogP contribution in [-0.2, 0) is 0 Å². The molecule has 3 heterocycles. The highest BCUT2D eigenvalue weighted by Gasteiger charge is 2.17. The first-order valence-corrected chi connectivity index (χ1v) is 8.76. The molecule has 0 atom stereocenters. The van der Waals surface area contributed by atoms with Crippen molar-refractivity contribution in [2.45, 2.75) is 6.92 Å². The number of hydrogen-bond donors (Lipinski definition) is 2. The van der Waals surface area contributed by atoms with Crippen LogP contribution in [0.3, 0.4) is 0 Å². The van der Waals surface area contributed by atoms with Crippen molar-refractivity contribution in [3.63, 3.8) is 0 Å². The van der Waals surface area contributed by atoms with Crippen LogP contribution in [0.1, 0.15) is 16.1 Å². The Balaban J connectivity index is 1.48. The number of H-pyrrole nitrogens is 1. The first-order valence-electron chi connectivity index (χ1n) is 8.76. The Bertz CT molecular complexity index is 925. The van der Waals surface area contributed by atoms with Gasteiger partial charge in [0.2, 0.25) is 0 Å². The standard InChI is InChI=1S/C19H22N6O/c1-13-3-5-16-15(11-13)18(23-22-16)19(26)21-14-4-6-17(20-12-14)25-9-7-24(2)8-10-25/h3-6,11-12H,7-10H2,1-2H3,(H,21,26)(H,22,23). The summed E-state index contributed by atoms with van der Waals surface area (Å²) in [6.07, 6.45) is 1.70. The Kier molecular flexibility index (Phi) is 4.30. The van der Waals surface area contributed by atoms with Crippen LogP contribution in [0.4, 0.5) is 11.5 Å². The number of hydrogen-bond acceptors (Lipinski definition) is 5. The zero-order chi connectivity index (χ0) is 18.1. The highest BCUT2D eigenvalue weighted by molar-refractivity contribution is 6.11. The molecule has 1 amide bonds. The molecule has 1 aliphatic heterocycles. The molecule has 0 radical (unpaired) electrons. The molecule has 7 nitrogen and oxygen atoms in total. The number of nitrogens with zero attached hydrogens (tertiary/aromatic N) is 4. The zero-order valence-electron chi connectivity index (χ0n) is 15.0. The van der Waals surface area contributed by atoms with E-state index in [4.69, 9.17) is 0 Å². The van der Waals surface area contributed by atoms with Crippen LogP contribution in [0.2, 0.25) is 0 Å². The largest absolute Gasteiger partial charge is 0.354 e. The fourth-order valence-electron chi connectivity index (χ4n) is 3.17. The minimum Gasteiger partial charge on any atom is -0.354 e. The summed E-state index contributed by atoms with van der Waals surface area (Å²) < 4.78 is 0. The van der Waals surface area contributed by atoms with E-state index in [1.807, 2.05) is 37.3 Å². The number of likely N-dealkylation sites (N-methyl/N-ethyl adjacent to an activating group) is 1. The van der Waals surface area contributed by atoms with Crippen molar-refractivity contribution < 1.29 is 4.79 Å². The van der Waals surface area contributed by atoms with Crippen molar-refractivity contribution in [3.8, 4) is 0 Å². The lowest BCUT2D eigenvalue weighted by atomic mass is 10.1. The van der Waals surface area contributed by atoms with Crippen LogP contribution in [0.5, 0.6) is 0 Å². The van der Waals surface area contributed by atoms with Gasteiger partial charge in [0.25, 0.3) is 5.91 Å². The van der Waals surface area contributed by atoms with Crippen LogP contribution in [-0.4, -0.2) is 59.2 Å². The molecule has 134 valence electrons. The number of carbonyl (C=O) groups excluding carboxylic acids is 1. The smallest absolute Gasteiger partial charge is 0.276 e. The van der Waals surface area contributed by atoms with Gasteiger partial charge in [-0.2, -0.15) is 5.10 Å². The first-order chi connectivity index (χ1) is 12.6. The van der Waals surface area contributed by atoms with E-state index in [1.165, 1.54) is 0 Å². The number of fused-ring (bicyclic) bond motifs is 1. The molecule has 1 fully saturated rings. The molecule has 3 aromatic rings. The zero-order valence-corrected chi connectivity index (χ0v) is 15.0. The molecule has 7 heteroatoms. The first kappa shape index (κ1) is 16.5. The van der Waals surface area contributed by atoms with E-state index in [0.717, 1.165) is 48.5 Å². The second kappa shape index (κ2) is 6.76. The fourth-order valence-corrected chi connectivity index (χ4v) is 3.17. The molecule has 0 spiro atoms. The number of rotatable bonds is 3. The predicted molar refractivity (Wildman–Crippen MR) is 103 cm³/mol. The number of nitrogens with one attached hydrogen (secondary N) is 2. The maximum atomic E-state index is 12.6. The van der Waals surface area contributed by atoms with E-state index in [9.17, 15) is 4.79 Å².